The SMILES string of the molecule is CSCCC1c2nnnn2C(Cc2ccccc2)C(=O)N1CCCn1ccnc1. The van der Waals surface area contributed by atoms with E-state index in [2.05, 4.69) is 26.8 Å². The van der Waals surface area contributed by atoms with Crippen LogP contribution < -0.4 is 0 Å². The van der Waals surface area contributed by atoms with Gasteiger partial charge in [-0.2, -0.15) is 11.8 Å². The third-order valence-corrected chi connectivity index (χ3v) is 5.94. The second-order valence-corrected chi connectivity index (χ2v) is 8.16. The van der Waals surface area contributed by atoms with Crippen molar-refractivity contribution in [2.24, 2.45) is 0 Å². The fourth-order valence-corrected chi connectivity index (χ4v) is 4.32. The third-order valence-electron chi connectivity index (χ3n) is 5.30. The topological polar surface area (TPSA) is 81.7 Å². The van der Waals surface area contributed by atoms with Crippen molar-refractivity contribution in [1.82, 2.24) is 34.7 Å². The molecule has 2 unspecified atom stereocenters. The van der Waals surface area contributed by atoms with Gasteiger partial charge in [0.25, 0.3) is 0 Å². The number of nitrogens with zero attached hydrogens (tertiary/aromatic N) is 7. The fraction of sp³-hybridized carbons (Fsp3) is 0.450. The average Bonchev–Trinajstić information content (AvgIpc) is 3.43. The van der Waals surface area contributed by atoms with Crippen LogP contribution in [-0.2, 0) is 17.8 Å². The molecule has 3 aromatic rings. The number of thioether (sulfide) groups is 1. The lowest BCUT2D eigenvalue weighted by molar-refractivity contribution is -0.140. The van der Waals surface area contributed by atoms with Gasteiger partial charge >= 0.3 is 0 Å². The molecule has 0 spiro atoms. The number of aryl methyl sites for hydroxylation is 1. The van der Waals surface area contributed by atoms with Crippen LogP contribution in [0.15, 0.2) is 49.1 Å². The Hall–Kier alpha value is -2.68. The van der Waals surface area contributed by atoms with Crippen LogP contribution in [0.25, 0.3) is 0 Å². The van der Waals surface area contributed by atoms with Crippen LogP contribution in [0.5, 0.6) is 0 Å². The van der Waals surface area contributed by atoms with Gasteiger partial charge in [-0.1, -0.05) is 30.3 Å². The molecule has 9 heteroatoms. The zero-order valence-electron chi connectivity index (χ0n) is 16.5. The summed E-state index contributed by atoms with van der Waals surface area (Å²) in [5.74, 6) is 1.85. The van der Waals surface area contributed by atoms with Gasteiger partial charge in [0.1, 0.15) is 6.04 Å². The summed E-state index contributed by atoms with van der Waals surface area (Å²) in [6.07, 6.45) is 9.90. The summed E-state index contributed by atoms with van der Waals surface area (Å²) in [4.78, 5) is 19.6. The highest BCUT2D eigenvalue weighted by Gasteiger charge is 2.41. The van der Waals surface area contributed by atoms with E-state index in [0.29, 0.717) is 13.0 Å². The van der Waals surface area contributed by atoms with Gasteiger partial charge in [0, 0.05) is 31.9 Å². The van der Waals surface area contributed by atoms with Gasteiger partial charge in [-0.05, 0) is 40.8 Å². The molecule has 1 aromatic carbocycles. The molecule has 2 aromatic heterocycles. The molecule has 1 aliphatic rings. The zero-order valence-corrected chi connectivity index (χ0v) is 17.3. The molecule has 0 radical (unpaired) electrons. The first kappa shape index (κ1) is 19.6. The zero-order chi connectivity index (χ0) is 20.1. The Morgan fingerprint density at radius 3 is 2.76 bits per heavy atom. The summed E-state index contributed by atoms with van der Waals surface area (Å²) in [6, 6.07) is 9.57. The second kappa shape index (κ2) is 9.21. The lowest BCUT2D eigenvalue weighted by Gasteiger charge is -2.38. The van der Waals surface area contributed by atoms with Gasteiger partial charge in [-0.3, -0.25) is 4.79 Å². The number of aromatic nitrogens is 6. The first-order chi connectivity index (χ1) is 14.3. The van der Waals surface area contributed by atoms with Crippen LogP contribution in [-0.4, -0.2) is 59.1 Å². The molecule has 0 bridgehead atoms. The van der Waals surface area contributed by atoms with Gasteiger partial charge in [-0.15, -0.1) is 5.10 Å². The van der Waals surface area contributed by atoms with E-state index >= 15 is 0 Å². The Labute approximate surface area is 174 Å². The quantitative estimate of drug-likeness (QED) is 0.538. The van der Waals surface area contributed by atoms with Crippen molar-refractivity contribution in [3.05, 3.63) is 60.4 Å². The maximum Gasteiger partial charge on any atom is 0.248 e. The predicted molar refractivity (Wildman–Crippen MR) is 111 cm³/mol. The maximum atomic E-state index is 13.5. The number of rotatable bonds is 9. The van der Waals surface area contributed by atoms with Crippen molar-refractivity contribution in [3.63, 3.8) is 0 Å². The molecule has 4 rings (SSSR count). The van der Waals surface area contributed by atoms with E-state index in [1.54, 1.807) is 22.6 Å². The van der Waals surface area contributed by atoms with Gasteiger partial charge in [-0.25, -0.2) is 9.67 Å². The number of fused-ring (bicyclic) bond motifs is 1. The highest BCUT2D eigenvalue weighted by Crippen LogP contribution is 2.34. The van der Waals surface area contributed by atoms with Gasteiger partial charge < -0.3 is 9.47 Å². The Bertz CT molecular complexity index is 912. The third kappa shape index (κ3) is 4.34. The average molecular weight is 412 g/mol. The smallest absolute Gasteiger partial charge is 0.248 e. The minimum absolute atomic E-state index is 0.0836. The van der Waals surface area contributed by atoms with Crippen molar-refractivity contribution < 1.29 is 4.79 Å². The summed E-state index contributed by atoms with van der Waals surface area (Å²) >= 11 is 1.77. The van der Waals surface area contributed by atoms with E-state index in [0.717, 1.165) is 36.5 Å². The molecule has 29 heavy (non-hydrogen) atoms. The normalized spacial score (nSPS) is 18.8. The summed E-state index contributed by atoms with van der Waals surface area (Å²) < 4.78 is 3.78. The number of hydrogen-bond acceptors (Lipinski definition) is 6. The van der Waals surface area contributed by atoms with E-state index in [9.17, 15) is 4.79 Å². The molecule has 0 aliphatic carbocycles. The summed E-state index contributed by atoms with van der Waals surface area (Å²) in [5, 5.41) is 12.4. The maximum absolute atomic E-state index is 13.5. The van der Waals surface area contributed by atoms with Crippen molar-refractivity contribution in [2.45, 2.75) is 37.9 Å². The summed E-state index contributed by atoms with van der Waals surface area (Å²) in [6.45, 7) is 1.50. The molecule has 0 N–H and O–H groups in total. The number of amides is 1. The Morgan fingerprint density at radius 1 is 1.14 bits per heavy atom. The number of benzene rings is 1. The number of imidazole rings is 1. The van der Waals surface area contributed by atoms with E-state index < -0.39 is 6.04 Å². The van der Waals surface area contributed by atoms with Crippen LogP contribution in [0.2, 0.25) is 0 Å². The van der Waals surface area contributed by atoms with Gasteiger partial charge in [0.2, 0.25) is 5.91 Å². The Morgan fingerprint density at radius 2 is 2.00 bits per heavy atom. The molecule has 8 nitrogen and oxygen atoms in total. The largest absolute Gasteiger partial charge is 0.337 e. The van der Waals surface area contributed by atoms with E-state index in [1.807, 2.05) is 52.3 Å². The summed E-state index contributed by atoms with van der Waals surface area (Å²) in [5.41, 5.74) is 1.10. The van der Waals surface area contributed by atoms with Crippen molar-refractivity contribution in [3.8, 4) is 0 Å². The summed E-state index contributed by atoms with van der Waals surface area (Å²) in [7, 11) is 0. The number of tetrazole rings is 1. The molecule has 1 aliphatic heterocycles. The van der Waals surface area contributed by atoms with Crippen LogP contribution in [0.4, 0.5) is 0 Å². The van der Waals surface area contributed by atoms with E-state index in [-0.39, 0.29) is 11.9 Å². The predicted octanol–water partition coefficient (Wildman–Crippen LogP) is 2.38. The van der Waals surface area contributed by atoms with Gasteiger partial charge in [0.15, 0.2) is 5.82 Å². The monoisotopic (exact) mass is 411 g/mol. The highest BCUT2D eigenvalue weighted by atomic mass is 32.2. The first-order valence-electron chi connectivity index (χ1n) is 9.84. The molecule has 0 fully saturated rings. The minimum atomic E-state index is -0.402. The van der Waals surface area contributed by atoms with Crippen molar-refractivity contribution in [2.75, 3.05) is 18.6 Å². The van der Waals surface area contributed by atoms with Crippen LogP contribution in [0, 0.1) is 0 Å². The molecular formula is C20H25N7OS. The first-order valence-corrected chi connectivity index (χ1v) is 11.2. The van der Waals surface area contributed by atoms with Crippen LogP contribution in [0.1, 0.15) is 36.3 Å². The molecule has 1 amide bonds. The molecule has 2 atom stereocenters. The molecular weight excluding hydrogens is 386 g/mol. The number of hydrogen-bond donors (Lipinski definition) is 0. The lowest BCUT2D eigenvalue weighted by Crippen LogP contribution is -2.47. The van der Waals surface area contributed by atoms with Crippen molar-refractivity contribution in [1.29, 1.82) is 0 Å². The van der Waals surface area contributed by atoms with Crippen LogP contribution >= 0.6 is 11.8 Å². The van der Waals surface area contributed by atoms with E-state index in [4.69, 9.17) is 0 Å². The van der Waals surface area contributed by atoms with Crippen molar-refractivity contribution >= 4 is 17.7 Å². The molecule has 152 valence electrons. The minimum Gasteiger partial charge on any atom is -0.337 e. The molecule has 0 saturated carbocycles. The fourth-order valence-electron chi connectivity index (χ4n) is 3.87. The van der Waals surface area contributed by atoms with Gasteiger partial charge in [0.05, 0.1) is 12.4 Å². The highest BCUT2D eigenvalue weighted by molar-refractivity contribution is 7.98. The Balaban J connectivity index is 1.57. The molecule has 0 saturated heterocycles. The molecule has 3 heterocycles. The van der Waals surface area contributed by atoms with E-state index in [1.165, 1.54) is 0 Å². The Kier molecular flexibility index (Phi) is 6.24. The number of carbonyl (C=O) groups is 1. The second-order valence-electron chi connectivity index (χ2n) is 7.17. The standard InChI is InChI=1S/C20H25N7OS/c1-29-13-8-17-19-22-23-24-27(19)18(14-16-6-3-2-4-7-16)20(28)26(17)11-5-10-25-12-9-21-15-25/h2-4,6-7,9,12,15,17-18H,5,8,10-11,13-14H2,1H3. The lowest BCUT2D eigenvalue weighted by atomic mass is 9.99. The van der Waals surface area contributed by atoms with Crippen LogP contribution in [0.3, 0.4) is 0 Å². The number of carbonyl (C=O) groups excluding carboxylic acids is 1.